The third-order valence-electron chi connectivity index (χ3n) is 5.22. The number of ether oxygens (including phenoxy) is 1. The van der Waals surface area contributed by atoms with Crippen LogP contribution in [0.3, 0.4) is 0 Å². The first kappa shape index (κ1) is 20.5. The van der Waals surface area contributed by atoms with Crippen molar-refractivity contribution in [1.82, 2.24) is 14.6 Å². The quantitative estimate of drug-likeness (QED) is 0.747. The van der Waals surface area contributed by atoms with E-state index in [1.54, 1.807) is 9.58 Å². The van der Waals surface area contributed by atoms with Crippen LogP contribution in [0.1, 0.15) is 43.6 Å². The summed E-state index contributed by atoms with van der Waals surface area (Å²) < 4.78 is 7.01. The zero-order chi connectivity index (χ0) is 21.6. The Labute approximate surface area is 180 Å². The lowest BCUT2D eigenvalue weighted by Crippen LogP contribution is -2.51. The van der Waals surface area contributed by atoms with Gasteiger partial charge in [0, 0.05) is 25.0 Å². The van der Waals surface area contributed by atoms with Gasteiger partial charge in [-0.1, -0.05) is 23.7 Å². The molecule has 0 saturated heterocycles. The third kappa shape index (κ3) is 3.96. The number of fused-ring (bicyclic) bond motifs is 2. The number of nitrogens with zero attached hydrogens (tertiary/aromatic N) is 4. The van der Waals surface area contributed by atoms with Gasteiger partial charge in [-0.2, -0.15) is 4.68 Å². The molecule has 2 aromatic rings. The number of hydrogen-bond acceptors (Lipinski definition) is 6. The minimum Gasteiger partial charge on any atom is -0.444 e. The molecule has 160 valence electrons. The van der Waals surface area contributed by atoms with Gasteiger partial charge in [0.1, 0.15) is 5.60 Å². The minimum atomic E-state index is -0.582. The number of halogens is 1. The highest BCUT2D eigenvalue weighted by Crippen LogP contribution is 2.26. The smallest absolute Gasteiger partial charge is 0.410 e. The van der Waals surface area contributed by atoms with E-state index in [9.17, 15) is 9.59 Å². The van der Waals surface area contributed by atoms with E-state index >= 15 is 0 Å². The van der Waals surface area contributed by atoms with Crippen LogP contribution in [0.25, 0.3) is 0 Å². The van der Waals surface area contributed by atoms with Crippen LogP contribution in [0, 0.1) is 0 Å². The minimum absolute atomic E-state index is 0.0148. The van der Waals surface area contributed by atoms with Crippen LogP contribution in [0.5, 0.6) is 0 Å². The molecule has 8 nitrogen and oxygen atoms in total. The van der Waals surface area contributed by atoms with Crippen molar-refractivity contribution >= 4 is 23.6 Å². The van der Waals surface area contributed by atoms with E-state index in [2.05, 4.69) is 5.32 Å². The molecule has 0 spiro atoms. The van der Waals surface area contributed by atoms with Crippen molar-refractivity contribution in [2.75, 3.05) is 30.5 Å². The second-order valence-electron chi connectivity index (χ2n) is 8.72. The highest BCUT2D eigenvalue weighted by atomic mass is 35.5. The number of likely N-dealkylation sites (N-methyl/N-ethyl adjacent to an activating group) is 1. The van der Waals surface area contributed by atoms with Gasteiger partial charge in [0.2, 0.25) is 5.95 Å². The zero-order valence-corrected chi connectivity index (χ0v) is 18.4. The Kier molecular flexibility index (Phi) is 5.13. The van der Waals surface area contributed by atoms with E-state index in [1.807, 2.05) is 57.1 Å². The molecule has 1 atom stereocenters. The van der Waals surface area contributed by atoms with Crippen molar-refractivity contribution in [3.8, 4) is 0 Å². The van der Waals surface area contributed by atoms with Crippen LogP contribution in [0.15, 0.2) is 29.1 Å². The largest absolute Gasteiger partial charge is 0.444 e. The van der Waals surface area contributed by atoms with Crippen LogP contribution < -0.4 is 15.9 Å². The van der Waals surface area contributed by atoms with Crippen molar-refractivity contribution in [3.63, 3.8) is 0 Å². The molecular weight excluding hydrogens is 406 g/mol. The van der Waals surface area contributed by atoms with Gasteiger partial charge >= 0.3 is 6.09 Å². The van der Waals surface area contributed by atoms with Gasteiger partial charge in [-0.3, -0.25) is 4.79 Å². The summed E-state index contributed by atoms with van der Waals surface area (Å²) in [6, 6.07) is 7.63. The van der Waals surface area contributed by atoms with Crippen molar-refractivity contribution in [1.29, 1.82) is 0 Å². The fourth-order valence-corrected chi connectivity index (χ4v) is 3.92. The van der Waals surface area contributed by atoms with E-state index in [0.717, 1.165) is 11.3 Å². The Morgan fingerprint density at radius 1 is 1.27 bits per heavy atom. The first-order valence-corrected chi connectivity index (χ1v) is 10.4. The number of nitrogens with one attached hydrogen (secondary N) is 1. The van der Waals surface area contributed by atoms with Gasteiger partial charge in [0.05, 0.1) is 30.4 Å². The van der Waals surface area contributed by atoms with Gasteiger partial charge in [-0.05, 0) is 38.5 Å². The standard InChI is InChI=1S/C21H26ClN5O3/c1-21(2,3)30-20(29)26-10-9-16-15(11-26)18(28)27-19(23-16)24-17(12-25(27)4)13-5-7-14(22)8-6-13/h5-8,17H,9-12H2,1-4H3,(H,23,24)/t17-/m0/s1. The van der Waals surface area contributed by atoms with Crippen molar-refractivity contribution in [2.24, 2.45) is 0 Å². The molecule has 0 fully saturated rings. The lowest BCUT2D eigenvalue weighted by atomic mass is 10.1. The summed E-state index contributed by atoms with van der Waals surface area (Å²) in [6.07, 6.45) is 0.0961. The van der Waals surface area contributed by atoms with Crippen molar-refractivity contribution in [3.05, 3.63) is 56.5 Å². The summed E-state index contributed by atoms with van der Waals surface area (Å²) in [6.45, 7) is 6.73. The maximum atomic E-state index is 13.3. The summed E-state index contributed by atoms with van der Waals surface area (Å²) >= 11 is 6.00. The molecule has 2 aliphatic rings. The highest BCUT2D eigenvalue weighted by Gasteiger charge is 2.32. The van der Waals surface area contributed by atoms with Crippen LogP contribution in [0.2, 0.25) is 5.02 Å². The van der Waals surface area contributed by atoms with Crippen LogP contribution in [-0.4, -0.2) is 46.4 Å². The van der Waals surface area contributed by atoms with Gasteiger partial charge in [0.25, 0.3) is 5.56 Å². The Bertz CT molecular complexity index is 1030. The number of carbonyl (C=O) groups excluding carboxylic acids is 1. The molecule has 0 aliphatic carbocycles. The molecule has 9 heteroatoms. The molecule has 1 amide bonds. The Balaban J connectivity index is 1.62. The monoisotopic (exact) mass is 431 g/mol. The molecule has 0 unspecified atom stereocenters. The molecule has 0 radical (unpaired) electrons. The van der Waals surface area contributed by atoms with Crippen LogP contribution in [-0.2, 0) is 17.7 Å². The predicted molar refractivity (Wildman–Crippen MR) is 116 cm³/mol. The Morgan fingerprint density at radius 2 is 1.97 bits per heavy atom. The van der Waals surface area contributed by atoms with Crippen molar-refractivity contribution < 1.29 is 9.53 Å². The highest BCUT2D eigenvalue weighted by molar-refractivity contribution is 6.30. The van der Waals surface area contributed by atoms with Crippen molar-refractivity contribution in [2.45, 2.75) is 45.4 Å². The van der Waals surface area contributed by atoms with Gasteiger partial charge in [-0.25, -0.2) is 9.78 Å². The van der Waals surface area contributed by atoms with Crippen LogP contribution >= 0.6 is 11.6 Å². The predicted octanol–water partition coefficient (Wildman–Crippen LogP) is 2.92. The average molecular weight is 432 g/mol. The van der Waals surface area contributed by atoms with E-state index < -0.39 is 11.7 Å². The fraction of sp³-hybridized carbons (Fsp3) is 0.476. The summed E-state index contributed by atoms with van der Waals surface area (Å²) in [5, 5.41) is 5.92. The lowest BCUT2D eigenvalue weighted by Gasteiger charge is -2.37. The normalized spacial score (nSPS) is 18.4. The molecule has 0 bridgehead atoms. The maximum Gasteiger partial charge on any atom is 0.410 e. The molecule has 30 heavy (non-hydrogen) atoms. The number of anilines is 1. The first-order valence-electron chi connectivity index (χ1n) is 9.98. The number of aromatic nitrogens is 2. The second kappa shape index (κ2) is 7.50. The molecule has 4 rings (SSSR count). The first-order chi connectivity index (χ1) is 14.1. The molecular formula is C21H26ClN5O3. The lowest BCUT2D eigenvalue weighted by molar-refractivity contribution is 0.0221. The topological polar surface area (TPSA) is 79.7 Å². The van der Waals surface area contributed by atoms with E-state index in [4.69, 9.17) is 21.3 Å². The van der Waals surface area contributed by atoms with E-state index in [0.29, 0.717) is 36.0 Å². The van der Waals surface area contributed by atoms with E-state index in [1.165, 1.54) is 0 Å². The zero-order valence-electron chi connectivity index (χ0n) is 17.6. The Hall–Kier alpha value is -2.74. The number of benzene rings is 1. The number of carbonyl (C=O) groups is 1. The van der Waals surface area contributed by atoms with Crippen LogP contribution in [0.4, 0.5) is 10.7 Å². The summed E-state index contributed by atoms with van der Waals surface area (Å²) in [7, 11) is 1.86. The summed E-state index contributed by atoms with van der Waals surface area (Å²) in [5.74, 6) is 0.512. The molecule has 1 N–H and O–H groups in total. The molecule has 0 saturated carbocycles. The number of hydrogen-bond donors (Lipinski definition) is 1. The fourth-order valence-electron chi connectivity index (χ4n) is 3.79. The average Bonchev–Trinajstić information content (AvgIpc) is 2.66. The molecule has 3 heterocycles. The third-order valence-corrected chi connectivity index (χ3v) is 5.48. The summed E-state index contributed by atoms with van der Waals surface area (Å²) in [4.78, 5) is 32.0. The molecule has 2 aliphatic heterocycles. The molecule has 1 aromatic heterocycles. The second-order valence-corrected chi connectivity index (χ2v) is 9.15. The number of amides is 1. The number of rotatable bonds is 1. The van der Waals surface area contributed by atoms with E-state index in [-0.39, 0.29) is 18.1 Å². The SMILES string of the molecule is CN1C[C@@H](c2ccc(Cl)cc2)Nc2nc3c(c(=O)n21)CN(C(=O)OC(C)(C)C)CC3. The Morgan fingerprint density at radius 3 is 2.63 bits per heavy atom. The van der Waals surface area contributed by atoms with Gasteiger partial charge in [-0.15, -0.1) is 0 Å². The van der Waals surface area contributed by atoms with Gasteiger partial charge < -0.3 is 20.0 Å². The maximum absolute atomic E-state index is 13.3. The van der Waals surface area contributed by atoms with Gasteiger partial charge in [0.15, 0.2) is 0 Å². The summed E-state index contributed by atoms with van der Waals surface area (Å²) in [5.41, 5.74) is 1.59. The molecule has 1 aromatic carbocycles.